The second-order valence-electron chi connectivity index (χ2n) is 4.59. The summed E-state index contributed by atoms with van der Waals surface area (Å²) in [6.07, 6.45) is 0.258. The van der Waals surface area contributed by atoms with Crippen molar-refractivity contribution in [3.05, 3.63) is 0 Å². The molecular weight excluding hydrogens is 184 g/mol. The molecular formula is C9H21N2O3+. The fraction of sp³-hybridized carbons (Fsp3) is 0.889. The fourth-order valence-corrected chi connectivity index (χ4v) is 1.12. The van der Waals surface area contributed by atoms with Gasteiger partial charge in [-0.25, -0.2) is 0 Å². The predicted octanol–water partition coefficient (Wildman–Crippen LogP) is -0.754. The first-order valence-corrected chi connectivity index (χ1v) is 4.71. The number of aliphatic hydroxyl groups excluding tert-OH is 1. The summed E-state index contributed by atoms with van der Waals surface area (Å²) in [5.74, 6) is -1.15. The van der Waals surface area contributed by atoms with Crippen LogP contribution in [0.25, 0.3) is 0 Å². The molecule has 0 spiro atoms. The lowest BCUT2D eigenvalue weighted by atomic mass is 10.1. The second kappa shape index (κ2) is 5.29. The van der Waals surface area contributed by atoms with Gasteiger partial charge in [0, 0.05) is 0 Å². The zero-order chi connectivity index (χ0) is 11.4. The van der Waals surface area contributed by atoms with Crippen LogP contribution in [0.3, 0.4) is 0 Å². The van der Waals surface area contributed by atoms with E-state index in [9.17, 15) is 9.90 Å². The topological polar surface area (TPSA) is 83.5 Å². The lowest BCUT2D eigenvalue weighted by Crippen LogP contribution is -2.42. The zero-order valence-electron chi connectivity index (χ0n) is 9.10. The number of aliphatic hydroxyl groups is 1. The van der Waals surface area contributed by atoms with Crippen LogP contribution in [-0.2, 0) is 4.79 Å². The highest BCUT2D eigenvalue weighted by Gasteiger charge is 2.22. The maximum Gasteiger partial charge on any atom is 0.323 e. The third-order valence-electron chi connectivity index (χ3n) is 2.03. The maximum absolute atomic E-state index is 10.4. The summed E-state index contributed by atoms with van der Waals surface area (Å²) < 4.78 is 0.801. The standard InChI is InChI=1S/C9H20N2O3/c1-11(2,3)6-4-5-7(12)8(10)9(13)14/h7-8,12H,4-6,10H2,1-3H3/p+1/t7-,8+/m1/s1. The van der Waals surface area contributed by atoms with Gasteiger partial charge in [0.05, 0.1) is 33.8 Å². The lowest BCUT2D eigenvalue weighted by molar-refractivity contribution is -0.870. The van der Waals surface area contributed by atoms with Gasteiger partial charge >= 0.3 is 5.97 Å². The van der Waals surface area contributed by atoms with Crippen LogP contribution in [0.4, 0.5) is 0 Å². The van der Waals surface area contributed by atoms with Gasteiger partial charge in [0.15, 0.2) is 0 Å². The summed E-state index contributed by atoms with van der Waals surface area (Å²) in [5, 5.41) is 17.9. The molecule has 0 aromatic carbocycles. The van der Waals surface area contributed by atoms with Crippen molar-refractivity contribution in [2.24, 2.45) is 5.73 Å². The van der Waals surface area contributed by atoms with Crippen LogP contribution in [0.15, 0.2) is 0 Å². The third kappa shape index (κ3) is 5.90. The molecule has 0 saturated heterocycles. The van der Waals surface area contributed by atoms with E-state index in [1.165, 1.54) is 0 Å². The molecule has 84 valence electrons. The number of carboxylic acid groups (broad SMARTS) is 1. The van der Waals surface area contributed by atoms with E-state index < -0.39 is 18.1 Å². The highest BCUT2D eigenvalue weighted by atomic mass is 16.4. The Morgan fingerprint density at radius 3 is 2.29 bits per heavy atom. The number of quaternary nitrogens is 1. The molecule has 0 aliphatic heterocycles. The monoisotopic (exact) mass is 205 g/mol. The largest absolute Gasteiger partial charge is 0.480 e. The van der Waals surface area contributed by atoms with E-state index in [0.29, 0.717) is 6.42 Å². The van der Waals surface area contributed by atoms with Gasteiger partial charge in [-0.15, -0.1) is 0 Å². The minimum Gasteiger partial charge on any atom is -0.480 e. The number of nitrogens with two attached hydrogens (primary N) is 1. The number of hydrogen-bond acceptors (Lipinski definition) is 3. The molecule has 0 amide bonds. The minimum absolute atomic E-state index is 0.434. The molecule has 14 heavy (non-hydrogen) atoms. The summed E-state index contributed by atoms with van der Waals surface area (Å²) >= 11 is 0. The van der Waals surface area contributed by atoms with Crippen LogP contribution < -0.4 is 5.73 Å². The van der Waals surface area contributed by atoms with Crippen molar-refractivity contribution in [3.63, 3.8) is 0 Å². The van der Waals surface area contributed by atoms with Gasteiger partial charge in [-0.05, 0) is 12.8 Å². The highest BCUT2D eigenvalue weighted by Crippen LogP contribution is 2.04. The predicted molar refractivity (Wildman–Crippen MR) is 53.8 cm³/mol. The normalized spacial score (nSPS) is 16.4. The molecule has 0 rings (SSSR count). The summed E-state index contributed by atoms with van der Waals surface area (Å²) in [5.41, 5.74) is 5.26. The Bertz CT molecular complexity index is 189. The summed E-state index contributed by atoms with van der Waals surface area (Å²) in [7, 11) is 6.14. The van der Waals surface area contributed by atoms with Crippen molar-refractivity contribution in [1.29, 1.82) is 0 Å². The van der Waals surface area contributed by atoms with E-state index in [4.69, 9.17) is 10.8 Å². The molecule has 5 heteroatoms. The minimum atomic E-state index is -1.16. The van der Waals surface area contributed by atoms with Crippen molar-refractivity contribution in [2.75, 3.05) is 27.7 Å². The SMILES string of the molecule is C[N+](C)(C)CCC[C@@H](O)[C@H](N)C(=O)O. The average molecular weight is 205 g/mol. The molecule has 0 aromatic heterocycles. The van der Waals surface area contributed by atoms with Crippen molar-refractivity contribution < 1.29 is 19.5 Å². The second-order valence-corrected chi connectivity index (χ2v) is 4.59. The smallest absolute Gasteiger partial charge is 0.323 e. The molecule has 0 aromatic rings. The van der Waals surface area contributed by atoms with Crippen LogP contribution >= 0.6 is 0 Å². The molecule has 2 atom stereocenters. The summed E-state index contributed by atoms with van der Waals surface area (Å²) in [4.78, 5) is 10.4. The van der Waals surface area contributed by atoms with Gasteiger partial charge in [-0.1, -0.05) is 0 Å². The Balaban J connectivity index is 3.75. The molecule has 5 nitrogen and oxygen atoms in total. The summed E-state index contributed by atoms with van der Waals surface area (Å²) in [6, 6.07) is -1.16. The van der Waals surface area contributed by atoms with E-state index in [1.54, 1.807) is 0 Å². The fourth-order valence-electron chi connectivity index (χ4n) is 1.12. The number of rotatable bonds is 6. The Hall–Kier alpha value is -0.650. The lowest BCUT2D eigenvalue weighted by Gasteiger charge is -2.24. The molecule has 0 unspecified atom stereocenters. The first kappa shape index (κ1) is 13.4. The van der Waals surface area contributed by atoms with E-state index in [-0.39, 0.29) is 0 Å². The molecule has 4 N–H and O–H groups in total. The molecule has 0 radical (unpaired) electrons. The Morgan fingerprint density at radius 1 is 1.43 bits per heavy atom. The quantitative estimate of drug-likeness (QED) is 0.498. The van der Waals surface area contributed by atoms with Crippen molar-refractivity contribution in [1.82, 2.24) is 0 Å². The zero-order valence-corrected chi connectivity index (χ0v) is 9.10. The van der Waals surface area contributed by atoms with Crippen LogP contribution in [0.1, 0.15) is 12.8 Å². The molecule has 0 fully saturated rings. The maximum atomic E-state index is 10.4. The Morgan fingerprint density at radius 2 is 1.93 bits per heavy atom. The first-order chi connectivity index (χ1) is 6.24. The molecule has 0 saturated carbocycles. The van der Waals surface area contributed by atoms with E-state index in [0.717, 1.165) is 17.4 Å². The van der Waals surface area contributed by atoms with Gasteiger partial charge in [0.25, 0.3) is 0 Å². The van der Waals surface area contributed by atoms with Crippen molar-refractivity contribution in [2.45, 2.75) is 25.0 Å². The van der Waals surface area contributed by atoms with Crippen molar-refractivity contribution >= 4 is 5.97 Å². The number of carboxylic acids is 1. The first-order valence-electron chi connectivity index (χ1n) is 4.71. The number of hydrogen-bond donors (Lipinski definition) is 3. The molecule has 0 aliphatic rings. The van der Waals surface area contributed by atoms with Gasteiger partial charge in [0.2, 0.25) is 0 Å². The van der Waals surface area contributed by atoms with E-state index in [1.807, 2.05) is 21.1 Å². The number of carbonyl (C=O) groups is 1. The Labute approximate surface area is 84.7 Å². The van der Waals surface area contributed by atoms with E-state index in [2.05, 4.69) is 0 Å². The van der Waals surface area contributed by atoms with Crippen LogP contribution in [0.5, 0.6) is 0 Å². The molecule has 0 aliphatic carbocycles. The average Bonchev–Trinajstić information content (AvgIpc) is 2.00. The number of nitrogens with zero attached hydrogens (tertiary/aromatic N) is 1. The van der Waals surface area contributed by atoms with Crippen molar-refractivity contribution in [3.8, 4) is 0 Å². The van der Waals surface area contributed by atoms with Gasteiger partial charge in [-0.2, -0.15) is 0 Å². The van der Waals surface area contributed by atoms with Gasteiger partial charge in [0.1, 0.15) is 6.04 Å². The van der Waals surface area contributed by atoms with Gasteiger partial charge < -0.3 is 20.4 Å². The Kier molecular flexibility index (Phi) is 5.04. The van der Waals surface area contributed by atoms with Gasteiger partial charge in [-0.3, -0.25) is 4.79 Å². The highest BCUT2D eigenvalue weighted by molar-refractivity contribution is 5.73. The van der Waals surface area contributed by atoms with Crippen LogP contribution in [0.2, 0.25) is 0 Å². The van der Waals surface area contributed by atoms with Crippen LogP contribution in [0, 0.1) is 0 Å². The third-order valence-corrected chi connectivity index (χ3v) is 2.03. The molecule has 0 heterocycles. The van der Waals surface area contributed by atoms with E-state index >= 15 is 0 Å². The van der Waals surface area contributed by atoms with Crippen LogP contribution in [-0.4, -0.2) is 60.5 Å². The molecule has 0 bridgehead atoms. The number of aliphatic carboxylic acids is 1. The summed E-state index contributed by atoms with van der Waals surface area (Å²) in [6.45, 7) is 0.892.